The van der Waals surface area contributed by atoms with Gasteiger partial charge in [0.1, 0.15) is 0 Å². The van der Waals surface area contributed by atoms with Crippen molar-refractivity contribution in [1.29, 1.82) is 0 Å². The number of benzene rings is 1. The Hall–Kier alpha value is -2.28. The summed E-state index contributed by atoms with van der Waals surface area (Å²) in [5.41, 5.74) is 0.743. The van der Waals surface area contributed by atoms with E-state index in [4.69, 9.17) is 4.74 Å². The molecule has 1 aromatic rings. The van der Waals surface area contributed by atoms with E-state index in [1.54, 1.807) is 7.11 Å². The molecule has 7 nitrogen and oxygen atoms in total. The molecule has 1 heterocycles. The van der Waals surface area contributed by atoms with Crippen molar-refractivity contribution in [2.24, 2.45) is 0 Å². The van der Waals surface area contributed by atoms with E-state index in [0.29, 0.717) is 26.2 Å². The Morgan fingerprint density at radius 1 is 1.21 bits per heavy atom. The van der Waals surface area contributed by atoms with Gasteiger partial charge in [-0.1, -0.05) is 18.2 Å². The fourth-order valence-corrected chi connectivity index (χ4v) is 2.75. The number of para-hydroxylation sites is 1. The van der Waals surface area contributed by atoms with Gasteiger partial charge < -0.3 is 25.6 Å². The lowest BCUT2D eigenvalue weighted by molar-refractivity contribution is 0.144. The van der Waals surface area contributed by atoms with E-state index < -0.39 is 0 Å². The lowest BCUT2D eigenvalue weighted by atomic mass is 10.0. The van der Waals surface area contributed by atoms with Crippen LogP contribution in [-0.2, 0) is 4.74 Å². The maximum absolute atomic E-state index is 12.2. The number of amides is 4. The molecule has 0 saturated carbocycles. The number of carbonyl (C=O) groups excluding carboxylic acids is 2. The molecule has 3 N–H and O–H groups in total. The van der Waals surface area contributed by atoms with E-state index in [0.717, 1.165) is 24.9 Å². The second-order valence-corrected chi connectivity index (χ2v) is 5.77. The van der Waals surface area contributed by atoms with Gasteiger partial charge in [0.2, 0.25) is 0 Å². The third kappa shape index (κ3) is 5.73. The molecule has 24 heavy (non-hydrogen) atoms. The van der Waals surface area contributed by atoms with E-state index >= 15 is 0 Å². The number of hydrogen-bond donors (Lipinski definition) is 3. The van der Waals surface area contributed by atoms with Crippen LogP contribution in [0, 0.1) is 0 Å². The Morgan fingerprint density at radius 2 is 2.00 bits per heavy atom. The van der Waals surface area contributed by atoms with Crippen molar-refractivity contribution in [2.75, 3.05) is 38.7 Å². The van der Waals surface area contributed by atoms with Crippen molar-refractivity contribution in [1.82, 2.24) is 15.5 Å². The van der Waals surface area contributed by atoms with Gasteiger partial charge in [0.25, 0.3) is 0 Å². The minimum absolute atomic E-state index is 0.0165. The van der Waals surface area contributed by atoms with E-state index in [1.165, 1.54) is 0 Å². The van der Waals surface area contributed by atoms with E-state index in [9.17, 15) is 9.59 Å². The fraction of sp³-hybridized carbons (Fsp3) is 0.529. The number of nitrogens with zero attached hydrogens (tertiary/aromatic N) is 1. The molecule has 1 atom stereocenters. The highest BCUT2D eigenvalue weighted by Crippen LogP contribution is 2.16. The van der Waals surface area contributed by atoms with Gasteiger partial charge in [-0.25, -0.2) is 9.59 Å². The van der Waals surface area contributed by atoms with Crippen molar-refractivity contribution in [3.63, 3.8) is 0 Å². The Balaban J connectivity index is 1.80. The summed E-state index contributed by atoms with van der Waals surface area (Å²) in [5.74, 6) is 0. The average Bonchev–Trinajstić information content (AvgIpc) is 2.61. The highest BCUT2D eigenvalue weighted by atomic mass is 16.5. The van der Waals surface area contributed by atoms with Gasteiger partial charge >= 0.3 is 12.1 Å². The third-order valence-corrected chi connectivity index (χ3v) is 4.00. The van der Waals surface area contributed by atoms with Crippen LogP contribution in [0.4, 0.5) is 15.3 Å². The predicted molar refractivity (Wildman–Crippen MR) is 93.1 cm³/mol. The predicted octanol–water partition coefficient (Wildman–Crippen LogP) is 2.02. The van der Waals surface area contributed by atoms with Crippen LogP contribution in [0.25, 0.3) is 0 Å². The number of likely N-dealkylation sites (tertiary alicyclic amines) is 1. The smallest absolute Gasteiger partial charge is 0.319 e. The Bertz CT molecular complexity index is 524. The zero-order valence-electron chi connectivity index (χ0n) is 14.1. The fourth-order valence-electron chi connectivity index (χ4n) is 2.75. The average molecular weight is 334 g/mol. The second kappa shape index (κ2) is 9.77. The third-order valence-electron chi connectivity index (χ3n) is 4.00. The number of methoxy groups -OCH3 is 1. The summed E-state index contributed by atoms with van der Waals surface area (Å²) in [6.07, 6.45) is 2.95. The largest absolute Gasteiger partial charge is 0.383 e. The number of piperidine rings is 1. The van der Waals surface area contributed by atoms with Crippen molar-refractivity contribution in [3.05, 3.63) is 30.3 Å². The van der Waals surface area contributed by atoms with Crippen molar-refractivity contribution in [3.8, 4) is 0 Å². The van der Waals surface area contributed by atoms with Crippen LogP contribution >= 0.6 is 0 Å². The van der Waals surface area contributed by atoms with Gasteiger partial charge in [-0.15, -0.1) is 0 Å². The first-order valence-corrected chi connectivity index (χ1v) is 8.34. The van der Waals surface area contributed by atoms with Gasteiger partial charge in [-0.2, -0.15) is 0 Å². The Morgan fingerprint density at radius 3 is 2.75 bits per heavy atom. The molecule has 7 heteroatoms. The topological polar surface area (TPSA) is 82.7 Å². The SMILES string of the molecule is COCCNC(=O)N1CCCC[C@H]1CNC(=O)Nc1ccccc1. The van der Waals surface area contributed by atoms with Crippen molar-refractivity contribution >= 4 is 17.7 Å². The highest BCUT2D eigenvalue weighted by Gasteiger charge is 2.26. The normalized spacial score (nSPS) is 17.2. The summed E-state index contributed by atoms with van der Waals surface area (Å²) in [6.45, 7) is 2.13. The molecule has 0 unspecified atom stereocenters. The molecular weight excluding hydrogens is 308 g/mol. The summed E-state index contributed by atoms with van der Waals surface area (Å²) in [7, 11) is 1.60. The molecule has 0 bridgehead atoms. The molecule has 0 radical (unpaired) electrons. The Kier molecular flexibility index (Phi) is 7.35. The number of urea groups is 2. The van der Waals surface area contributed by atoms with Gasteiger partial charge in [0, 0.05) is 32.4 Å². The summed E-state index contributed by atoms with van der Waals surface area (Å²) in [4.78, 5) is 26.0. The van der Waals surface area contributed by atoms with Crippen LogP contribution in [0.1, 0.15) is 19.3 Å². The van der Waals surface area contributed by atoms with Crippen molar-refractivity contribution < 1.29 is 14.3 Å². The molecule has 0 spiro atoms. The van der Waals surface area contributed by atoms with Crippen LogP contribution in [0.15, 0.2) is 30.3 Å². The number of anilines is 1. The van der Waals surface area contributed by atoms with Gasteiger partial charge in [-0.05, 0) is 31.4 Å². The van der Waals surface area contributed by atoms with E-state index in [2.05, 4.69) is 16.0 Å². The first kappa shape index (κ1) is 18.1. The standard InChI is InChI=1S/C17H26N4O3/c1-24-12-10-18-17(23)21-11-6-5-9-15(21)13-19-16(22)20-14-7-3-2-4-8-14/h2-4,7-8,15H,5-6,9-13H2,1H3,(H,18,23)(H2,19,20,22)/t15-/m0/s1. The van der Waals surface area contributed by atoms with E-state index in [-0.39, 0.29) is 18.1 Å². The number of ether oxygens (including phenoxy) is 1. The first-order chi connectivity index (χ1) is 11.7. The summed E-state index contributed by atoms with van der Waals surface area (Å²) >= 11 is 0. The van der Waals surface area contributed by atoms with E-state index in [1.807, 2.05) is 35.2 Å². The Labute approximate surface area is 142 Å². The molecule has 0 aliphatic carbocycles. The lowest BCUT2D eigenvalue weighted by Crippen LogP contribution is -2.53. The monoisotopic (exact) mass is 334 g/mol. The molecule has 4 amide bonds. The molecule has 1 aromatic carbocycles. The zero-order chi connectivity index (χ0) is 17.2. The molecule has 132 valence electrons. The molecule has 1 aliphatic rings. The highest BCUT2D eigenvalue weighted by molar-refractivity contribution is 5.89. The first-order valence-electron chi connectivity index (χ1n) is 8.34. The van der Waals surface area contributed by atoms with Gasteiger partial charge in [-0.3, -0.25) is 0 Å². The summed E-state index contributed by atoms with van der Waals surface area (Å²) < 4.78 is 4.94. The summed E-state index contributed by atoms with van der Waals surface area (Å²) in [6, 6.07) is 8.94. The number of hydrogen-bond acceptors (Lipinski definition) is 3. The zero-order valence-corrected chi connectivity index (χ0v) is 14.1. The molecule has 2 rings (SSSR count). The summed E-state index contributed by atoms with van der Waals surface area (Å²) in [5, 5.41) is 8.48. The maximum Gasteiger partial charge on any atom is 0.319 e. The van der Waals surface area contributed by atoms with Crippen LogP contribution in [-0.4, -0.2) is 56.4 Å². The second-order valence-electron chi connectivity index (χ2n) is 5.77. The van der Waals surface area contributed by atoms with Gasteiger partial charge in [0.15, 0.2) is 0 Å². The number of carbonyl (C=O) groups is 2. The van der Waals surface area contributed by atoms with Gasteiger partial charge in [0.05, 0.1) is 12.6 Å². The molecule has 1 saturated heterocycles. The molecular formula is C17H26N4O3. The van der Waals surface area contributed by atoms with Crippen LogP contribution in [0.5, 0.6) is 0 Å². The van der Waals surface area contributed by atoms with Crippen LogP contribution < -0.4 is 16.0 Å². The minimum atomic E-state index is -0.258. The minimum Gasteiger partial charge on any atom is -0.383 e. The van der Waals surface area contributed by atoms with Crippen molar-refractivity contribution in [2.45, 2.75) is 25.3 Å². The molecule has 1 aliphatic heterocycles. The van der Waals surface area contributed by atoms with Crippen LogP contribution in [0.2, 0.25) is 0 Å². The maximum atomic E-state index is 12.2. The number of rotatable bonds is 6. The lowest BCUT2D eigenvalue weighted by Gasteiger charge is -2.35. The molecule has 0 aromatic heterocycles. The molecule has 1 fully saturated rings. The quantitative estimate of drug-likeness (QED) is 0.696. The number of nitrogens with one attached hydrogen (secondary N) is 3. The van der Waals surface area contributed by atoms with Crippen LogP contribution in [0.3, 0.4) is 0 Å².